The van der Waals surface area contributed by atoms with Gasteiger partial charge in [0.15, 0.2) is 0 Å². The molecule has 0 bridgehead atoms. The van der Waals surface area contributed by atoms with Gasteiger partial charge < -0.3 is 10.4 Å². The Morgan fingerprint density at radius 1 is 1.04 bits per heavy atom. The van der Waals surface area contributed by atoms with Gasteiger partial charge in [-0.2, -0.15) is 4.31 Å². The number of nitrogens with one attached hydrogen (secondary N) is 1. The summed E-state index contributed by atoms with van der Waals surface area (Å²) in [5.41, 5.74) is 1.31. The molecule has 2 N–H and O–H groups in total. The molecule has 27 heavy (non-hydrogen) atoms. The molecule has 1 aliphatic rings. The number of nitrogens with zero attached hydrogens (tertiary/aromatic N) is 1. The molecular weight excluding hydrogens is 364 g/mol. The maximum absolute atomic E-state index is 12.6. The van der Waals surface area contributed by atoms with Crippen LogP contribution in [0.4, 0.5) is 0 Å². The molecule has 0 aliphatic carbocycles. The third kappa shape index (κ3) is 4.94. The van der Waals surface area contributed by atoms with Crippen molar-refractivity contribution < 1.29 is 18.3 Å². The molecule has 3 rings (SSSR count). The number of piperidine rings is 1. The second-order valence-corrected chi connectivity index (χ2v) is 8.73. The number of aromatic carboxylic acids is 1. The summed E-state index contributed by atoms with van der Waals surface area (Å²) in [6.07, 6.45) is 1.66. The number of rotatable bonds is 7. The molecule has 2 aromatic rings. The van der Waals surface area contributed by atoms with E-state index in [2.05, 4.69) is 5.32 Å². The molecule has 2 aromatic carbocycles. The average molecular weight is 388 g/mol. The summed E-state index contributed by atoms with van der Waals surface area (Å²) in [6.45, 7) is 2.57. The standard InChI is InChI=1S/C20H24N2O4S/c23-20(24)18-8-6-16(7-9-18)14-21-15-17-10-12-22(13-11-17)27(25,26)19-4-2-1-3-5-19/h1-9,17,21H,10-15H2,(H,23,24). The Balaban J connectivity index is 1.45. The average Bonchev–Trinajstić information content (AvgIpc) is 2.69. The number of hydrogen-bond donors (Lipinski definition) is 2. The highest BCUT2D eigenvalue weighted by molar-refractivity contribution is 7.89. The van der Waals surface area contributed by atoms with Gasteiger partial charge in [-0.05, 0) is 55.1 Å². The third-order valence-electron chi connectivity index (χ3n) is 4.92. The number of sulfonamides is 1. The first-order valence-corrected chi connectivity index (χ1v) is 10.5. The Labute approximate surface area is 159 Å². The van der Waals surface area contributed by atoms with Crippen molar-refractivity contribution in [3.8, 4) is 0 Å². The molecule has 144 valence electrons. The lowest BCUT2D eigenvalue weighted by Crippen LogP contribution is -2.40. The molecule has 7 heteroatoms. The molecule has 1 aliphatic heterocycles. The summed E-state index contributed by atoms with van der Waals surface area (Å²) >= 11 is 0. The van der Waals surface area contributed by atoms with Crippen LogP contribution in [0.1, 0.15) is 28.8 Å². The highest BCUT2D eigenvalue weighted by Crippen LogP contribution is 2.23. The fourth-order valence-electron chi connectivity index (χ4n) is 3.28. The Morgan fingerprint density at radius 3 is 2.26 bits per heavy atom. The first-order chi connectivity index (χ1) is 13.0. The van der Waals surface area contributed by atoms with Crippen molar-refractivity contribution >= 4 is 16.0 Å². The fourth-order valence-corrected chi connectivity index (χ4v) is 4.77. The van der Waals surface area contributed by atoms with E-state index in [-0.39, 0.29) is 5.56 Å². The fraction of sp³-hybridized carbons (Fsp3) is 0.350. The van der Waals surface area contributed by atoms with E-state index in [9.17, 15) is 13.2 Å². The van der Waals surface area contributed by atoms with E-state index in [1.165, 1.54) is 0 Å². The van der Waals surface area contributed by atoms with Crippen LogP contribution in [-0.4, -0.2) is 43.4 Å². The van der Waals surface area contributed by atoms with Gasteiger partial charge in [0.2, 0.25) is 10.0 Å². The second kappa shape index (κ2) is 8.65. The molecule has 6 nitrogen and oxygen atoms in total. The largest absolute Gasteiger partial charge is 0.478 e. The summed E-state index contributed by atoms with van der Waals surface area (Å²) in [5, 5.41) is 12.3. The van der Waals surface area contributed by atoms with E-state index in [1.54, 1.807) is 40.7 Å². The van der Waals surface area contributed by atoms with Gasteiger partial charge in [-0.3, -0.25) is 0 Å². The molecule has 1 heterocycles. The molecule has 1 saturated heterocycles. The molecule has 0 radical (unpaired) electrons. The minimum absolute atomic E-state index is 0.283. The Kier molecular flexibility index (Phi) is 6.26. The topological polar surface area (TPSA) is 86.7 Å². The van der Waals surface area contributed by atoms with Gasteiger partial charge in [-0.15, -0.1) is 0 Å². The molecule has 1 fully saturated rings. The summed E-state index contributed by atoms with van der Waals surface area (Å²) in [4.78, 5) is 11.2. The summed E-state index contributed by atoms with van der Waals surface area (Å²) < 4.78 is 26.8. The van der Waals surface area contributed by atoms with E-state index in [0.29, 0.717) is 30.4 Å². The van der Waals surface area contributed by atoms with Crippen molar-refractivity contribution in [2.45, 2.75) is 24.3 Å². The van der Waals surface area contributed by atoms with Crippen LogP contribution in [0.2, 0.25) is 0 Å². The van der Waals surface area contributed by atoms with E-state index in [0.717, 1.165) is 24.9 Å². The SMILES string of the molecule is O=C(O)c1ccc(CNCC2CCN(S(=O)(=O)c3ccccc3)CC2)cc1. The van der Waals surface area contributed by atoms with Crippen molar-refractivity contribution in [2.75, 3.05) is 19.6 Å². The summed E-state index contributed by atoms with van der Waals surface area (Å²) in [7, 11) is -3.40. The normalized spacial score (nSPS) is 16.3. The van der Waals surface area contributed by atoms with E-state index in [1.807, 2.05) is 18.2 Å². The lowest BCUT2D eigenvalue weighted by molar-refractivity contribution is 0.0697. The van der Waals surface area contributed by atoms with Crippen molar-refractivity contribution in [3.05, 3.63) is 65.7 Å². The van der Waals surface area contributed by atoms with Crippen LogP contribution < -0.4 is 5.32 Å². The van der Waals surface area contributed by atoms with Crippen LogP contribution in [0, 0.1) is 5.92 Å². The Morgan fingerprint density at radius 2 is 1.67 bits per heavy atom. The van der Waals surface area contributed by atoms with Gasteiger partial charge in [-0.1, -0.05) is 30.3 Å². The predicted octanol–water partition coefficient (Wildman–Crippen LogP) is 2.58. The van der Waals surface area contributed by atoms with Crippen molar-refractivity contribution in [3.63, 3.8) is 0 Å². The van der Waals surface area contributed by atoms with Gasteiger partial charge in [0.25, 0.3) is 0 Å². The molecule has 0 amide bonds. The highest BCUT2D eigenvalue weighted by Gasteiger charge is 2.28. The minimum atomic E-state index is -3.40. The number of carboxylic acid groups (broad SMARTS) is 1. The lowest BCUT2D eigenvalue weighted by atomic mass is 9.98. The molecule has 0 atom stereocenters. The first-order valence-electron chi connectivity index (χ1n) is 9.05. The zero-order chi connectivity index (χ0) is 19.3. The van der Waals surface area contributed by atoms with Gasteiger partial charge >= 0.3 is 5.97 Å². The number of benzene rings is 2. The van der Waals surface area contributed by atoms with Crippen molar-refractivity contribution in [2.24, 2.45) is 5.92 Å². The van der Waals surface area contributed by atoms with Crippen molar-refractivity contribution in [1.82, 2.24) is 9.62 Å². The van der Waals surface area contributed by atoms with Gasteiger partial charge in [0.1, 0.15) is 0 Å². The lowest BCUT2D eigenvalue weighted by Gasteiger charge is -2.31. The van der Waals surface area contributed by atoms with Gasteiger partial charge in [0, 0.05) is 19.6 Å². The van der Waals surface area contributed by atoms with Crippen LogP contribution >= 0.6 is 0 Å². The van der Waals surface area contributed by atoms with Crippen molar-refractivity contribution in [1.29, 1.82) is 0 Å². The monoisotopic (exact) mass is 388 g/mol. The van der Waals surface area contributed by atoms with Crippen LogP contribution in [0.15, 0.2) is 59.5 Å². The zero-order valence-corrected chi connectivity index (χ0v) is 15.9. The zero-order valence-electron chi connectivity index (χ0n) is 15.0. The molecular formula is C20H24N2O4S. The van der Waals surface area contributed by atoms with E-state index >= 15 is 0 Å². The maximum atomic E-state index is 12.6. The number of carboxylic acids is 1. The first kappa shape index (κ1) is 19.5. The summed E-state index contributed by atoms with van der Waals surface area (Å²) in [6, 6.07) is 15.4. The minimum Gasteiger partial charge on any atom is -0.478 e. The second-order valence-electron chi connectivity index (χ2n) is 6.79. The van der Waals surface area contributed by atoms with Crippen LogP contribution in [0.3, 0.4) is 0 Å². The van der Waals surface area contributed by atoms with E-state index < -0.39 is 16.0 Å². The molecule has 0 spiro atoms. The summed E-state index contributed by atoms with van der Waals surface area (Å²) in [5.74, 6) is -0.489. The Bertz CT molecular complexity index is 859. The quantitative estimate of drug-likeness (QED) is 0.761. The molecule has 0 saturated carbocycles. The highest BCUT2D eigenvalue weighted by atomic mass is 32.2. The molecule has 0 unspecified atom stereocenters. The van der Waals surface area contributed by atoms with Crippen LogP contribution in [0.25, 0.3) is 0 Å². The molecule has 0 aromatic heterocycles. The smallest absolute Gasteiger partial charge is 0.335 e. The number of carbonyl (C=O) groups is 1. The van der Waals surface area contributed by atoms with E-state index in [4.69, 9.17) is 5.11 Å². The van der Waals surface area contributed by atoms with Gasteiger partial charge in [0.05, 0.1) is 10.5 Å². The Hall–Kier alpha value is -2.22. The predicted molar refractivity (Wildman–Crippen MR) is 103 cm³/mol. The third-order valence-corrected chi connectivity index (χ3v) is 6.83. The van der Waals surface area contributed by atoms with Crippen LogP contribution in [0.5, 0.6) is 0 Å². The number of hydrogen-bond acceptors (Lipinski definition) is 4. The maximum Gasteiger partial charge on any atom is 0.335 e. The van der Waals surface area contributed by atoms with Crippen LogP contribution in [-0.2, 0) is 16.6 Å². The van der Waals surface area contributed by atoms with Gasteiger partial charge in [-0.25, -0.2) is 13.2 Å².